The van der Waals surface area contributed by atoms with Crippen molar-refractivity contribution in [1.29, 1.82) is 0 Å². The van der Waals surface area contributed by atoms with Crippen molar-refractivity contribution >= 4 is 28.3 Å². The Labute approximate surface area is 117 Å². The molecule has 0 aliphatic heterocycles. The molecular weight excluding hydrogens is 264 g/mol. The molecule has 0 amide bonds. The van der Waals surface area contributed by atoms with Gasteiger partial charge in [0.05, 0.1) is 20.1 Å². The standard InChI is InChI=1S/C15H15ClO3/c1-3-19-15(17)9-13-12-6-5-11(18-2)8-10(12)4-7-14(13)16/h4-8H,3,9H2,1-2H3. The molecule has 2 aromatic carbocycles. The van der Waals surface area contributed by atoms with E-state index in [1.807, 2.05) is 24.3 Å². The maximum absolute atomic E-state index is 11.6. The zero-order chi connectivity index (χ0) is 13.8. The third kappa shape index (κ3) is 2.99. The zero-order valence-corrected chi connectivity index (χ0v) is 11.7. The predicted molar refractivity (Wildman–Crippen MR) is 75.8 cm³/mol. The highest BCUT2D eigenvalue weighted by Gasteiger charge is 2.12. The number of fused-ring (bicyclic) bond motifs is 1. The molecule has 0 saturated carbocycles. The Morgan fingerprint density at radius 3 is 2.74 bits per heavy atom. The molecule has 0 atom stereocenters. The monoisotopic (exact) mass is 278 g/mol. The van der Waals surface area contributed by atoms with Gasteiger partial charge in [-0.15, -0.1) is 0 Å². The molecule has 0 aromatic heterocycles. The second-order valence-electron chi connectivity index (χ2n) is 4.09. The van der Waals surface area contributed by atoms with Crippen molar-refractivity contribution in [2.45, 2.75) is 13.3 Å². The van der Waals surface area contributed by atoms with Crippen molar-refractivity contribution in [3.05, 3.63) is 40.9 Å². The lowest BCUT2D eigenvalue weighted by Crippen LogP contribution is -2.08. The highest BCUT2D eigenvalue weighted by molar-refractivity contribution is 6.32. The van der Waals surface area contributed by atoms with Gasteiger partial charge in [-0.05, 0) is 41.5 Å². The minimum Gasteiger partial charge on any atom is -0.497 e. The van der Waals surface area contributed by atoms with E-state index < -0.39 is 0 Å². The first-order chi connectivity index (χ1) is 9.15. The van der Waals surface area contributed by atoms with Crippen LogP contribution in [0.2, 0.25) is 5.02 Å². The van der Waals surface area contributed by atoms with E-state index in [0.29, 0.717) is 11.6 Å². The Kier molecular flexibility index (Phi) is 4.27. The number of ether oxygens (including phenoxy) is 2. The van der Waals surface area contributed by atoms with Crippen molar-refractivity contribution in [3.63, 3.8) is 0 Å². The van der Waals surface area contributed by atoms with Crippen molar-refractivity contribution in [3.8, 4) is 5.75 Å². The number of benzene rings is 2. The first kappa shape index (κ1) is 13.7. The Bertz CT molecular complexity index is 608. The molecule has 4 heteroatoms. The van der Waals surface area contributed by atoms with Crippen LogP contribution in [-0.4, -0.2) is 19.7 Å². The molecule has 0 fully saturated rings. The van der Waals surface area contributed by atoms with E-state index in [1.165, 1.54) is 0 Å². The third-order valence-corrected chi connectivity index (χ3v) is 3.26. The highest BCUT2D eigenvalue weighted by atomic mass is 35.5. The summed E-state index contributed by atoms with van der Waals surface area (Å²) in [4.78, 5) is 11.6. The summed E-state index contributed by atoms with van der Waals surface area (Å²) in [5.74, 6) is 0.504. The Hall–Kier alpha value is -1.74. The van der Waals surface area contributed by atoms with E-state index in [-0.39, 0.29) is 12.4 Å². The Morgan fingerprint density at radius 1 is 1.26 bits per heavy atom. The van der Waals surface area contributed by atoms with Crippen LogP contribution in [0, 0.1) is 0 Å². The maximum atomic E-state index is 11.6. The van der Waals surface area contributed by atoms with Crippen LogP contribution in [0.4, 0.5) is 0 Å². The molecule has 0 bridgehead atoms. The first-order valence-corrected chi connectivity index (χ1v) is 6.44. The van der Waals surface area contributed by atoms with Crippen LogP contribution >= 0.6 is 11.6 Å². The van der Waals surface area contributed by atoms with Gasteiger partial charge >= 0.3 is 5.97 Å². The summed E-state index contributed by atoms with van der Waals surface area (Å²) in [6, 6.07) is 9.38. The molecule has 2 aromatic rings. The lowest BCUT2D eigenvalue weighted by Gasteiger charge is -2.10. The summed E-state index contributed by atoms with van der Waals surface area (Å²) < 4.78 is 10.2. The maximum Gasteiger partial charge on any atom is 0.310 e. The molecule has 0 aliphatic rings. The molecule has 0 saturated heterocycles. The average Bonchev–Trinajstić information content (AvgIpc) is 2.41. The zero-order valence-electron chi connectivity index (χ0n) is 10.9. The van der Waals surface area contributed by atoms with Gasteiger partial charge < -0.3 is 9.47 Å². The lowest BCUT2D eigenvalue weighted by atomic mass is 10.0. The smallest absolute Gasteiger partial charge is 0.310 e. The van der Waals surface area contributed by atoms with Crippen LogP contribution in [0.3, 0.4) is 0 Å². The largest absolute Gasteiger partial charge is 0.497 e. The number of carbonyl (C=O) groups is 1. The predicted octanol–water partition coefficient (Wildman–Crippen LogP) is 3.61. The van der Waals surface area contributed by atoms with E-state index >= 15 is 0 Å². The summed E-state index contributed by atoms with van der Waals surface area (Å²) in [5, 5.41) is 2.51. The fraction of sp³-hybridized carbons (Fsp3) is 0.267. The molecule has 19 heavy (non-hydrogen) atoms. The number of methoxy groups -OCH3 is 1. The van der Waals surface area contributed by atoms with Crippen LogP contribution in [0.1, 0.15) is 12.5 Å². The number of halogens is 1. The van der Waals surface area contributed by atoms with Gasteiger partial charge in [-0.1, -0.05) is 23.7 Å². The van der Waals surface area contributed by atoms with Gasteiger partial charge in [-0.25, -0.2) is 0 Å². The van der Waals surface area contributed by atoms with Gasteiger partial charge in [0.2, 0.25) is 0 Å². The van der Waals surface area contributed by atoms with Crippen molar-refractivity contribution in [1.82, 2.24) is 0 Å². The van der Waals surface area contributed by atoms with Gasteiger partial charge in [0.15, 0.2) is 0 Å². The van der Waals surface area contributed by atoms with Gasteiger partial charge in [0.25, 0.3) is 0 Å². The molecule has 2 rings (SSSR count). The first-order valence-electron chi connectivity index (χ1n) is 6.06. The molecule has 0 aliphatic carbocycles. The highest BCUT2D eigenvalue weighted by Crippen LogP contribution is 2.29. The van der Waals surface area contributed by atoms with Crippen LogP contribution in [0.15, 0.2) is 30.3 Å². The SMILES string of the molecule is CCOC(=O)Cc1c(Cl)ccc2cc(OC)ccc12. The fourth-order valence-electron chi connectivity index (χ4n) is 2.01. The summed E-state index contributed by atoms with van der Waals surface area (Å²) >= 11 is 6.18. The number of carbonyl (C=O) groups excluding carboxylic acids is 1. The number of hydrogen-bond acceptors (Lipinski definition) is 3. The van der Waals surface area contributed by atoms with Crippen LogP contribution in [0.25, 0.3) is 10.8 Å². The minimum atomic E-state index is -0.271. The van der Waals surface area contributed by atoms with E-state index in [4.69, 9.17) is 21.1 Å². The quantitative estimate of drug-likeness (QED) is 0.802. The molecule has 3 nitrogen and oxygen atoms in total. The third-order valence-electron chi connectivity index (χ3n) is 2.91. The Balaban J connectivity index is 2.46. The molecule has 0 N–H and O–H groups in total. The topological polar surface area (TPSA) is 35.5 Å². The molecule has 0 unspecified atom stereocenters. The van der Waals surface area contributed by atoms with Crippen molar-refractivity contribution in [2.75, 3.05) is 13.7 Å². The van der Waals surface area contributed by atoms with Gasteiger partial charge in [-0.3, -0.25) is 4.79 Å². The average molecular weight is 279 g/mol. The summed E-state index contributed by atoms with van der Waals surface area (Å²) in [6.45, 7) is 2.16. The minimum absolute atomic E-state index is 0.177. The second kappa shape index (κ2) is 5.93. The number of rotatable bonds is 4. The molecule has 0 heterocycles. The molecule has 100 valence electrons. The van der Waals surface area contributed by atoms with E-state index in [1.54, 1.807) is 20.1 Å². The van der Waals surface area contributed by atoms with Gasteiger partial charge in [0.1, 0.15) is 5.75 Å². The van der Waals surface area contributed by atoms with E-state index in [9.17, 15) is 4.79 Å². The number of hydrogen-bond donors (Lipinski definition) is 0. The fourth-order valence-corrected chi connectivity index (χ4v) is 2.24. The molecule has 0 spiro atoms. The van der Waals surface area contributed by atoms with Crippen molar-refractivity contribution < 1.29 is 14.3 Å². The van der Waals surface area contributed by atoms with E-state index in [0.717, 1.165) is 22.1 Å². The summed E-state index contributed by atoms with van der Waals surface area (Å²) in [5.41, 5.74) is 0.792. The Morgan fingerprint density at radius 2 is 2.05 bits per heavy atom. The molecule has 0 radical (unpaired) electrons. The normalized spacial score (nSPS) is 10.5. The van der Waals surface area contributed by atoms with Gasteiger partial charge in [-0.2, -0.15) is 0 Å². The van der Waals surface area contributed by atoms with Crippen molar-refractivity contribution in [2.24, 2.45) is 0 Å². The van der Waals surface area contributed by atoms with Crippen LogP contribution in [0.5, 0.6) is 5.75 Å². The van der Waals surface area contributed by atoms with Gasteiger partial charge in [0, 0.05) is 5.02 Å². The van der Waals surface area contributed by atoms with E-state index in [2.05, 4.69) is 0 Å². The lowest BCUT2D eigenvalue weighted by molar-refractivity contribution is -0.142. The van der Waals surface area contributed by atoms with Crippen LogP contribution < -0.4 is 4.74 Å². The summed E-state index contributed by atoms with van der Waals surface area (Å²) in [6.07, 6.45) is 0.177. The molecular formula is C15H15ClO3. The summed E-state index contributed by atoms with van der Waals surface area (Å²) in [7, 11) is 1.62. The second-order valence-corrected chi connectivity index (χ2v) is 4.50. The van der Waals surface area contributed by atoms with Crippen LogP contribution in [-0.2, 0) is 16.0 Å². The number of esters is 1.